The number of halogens is 4. The molecule has 1 aromatic carbocycles. The molecule has 3 aromatic rings. The number of benzene rings is 1. The number of aliphatic carboxylic acids is 1. The smallest absolute Gasteiger partial charge is 0.475 e. The lowest BCUT2D eigenvalue weighted by molar-refractivity contribution is -0.192. The second kappa shape index (κ2) is 10.1. The first-order valence-corrected chi connectivity index (χ1v) is 8.36. The zero-order valence-electron chi connectivity index (χ0n) is 15.2. The molecule has 0 atom stereocenters. The van der Waals surface area contributed by atoms with Crippen molar-refractivity contribution < 1.29 is 36.8 Å². The minimum absolute atomic E-state index is 0.109. The van der Waals surface area contributed by atoms with Gasteiger partial charge >= 0.3 is 12.1 Å². The molecule has 0 bridgehead atoms. The molecule has 158 valence electrons. The molecule has 0 unspecified atom stereocenters. The maximum absolute atomic E-state index is 13.0. The van der Waals surface area contributed by atoms with E-state index >= 15 is 0 Å². The number of carbonyl (C=O) groups is 2. The Morgan fingerprint density at radius 3 is 2.23 bits per heavy atom. The SMILES string of the molecule is O=C(CCc1cnoc1-c1ccc(F)cc1)Nc1ccncc1.O=C(O)C(F)(F)F. The van der Waals surface area contributed by atoms with Crippen LogP contribution < -0.4 is 5.32 Å². The molecule has 2 N–H and O–H groups in total. The van der Waals surface area contributed by atoms with Crippen molar-refractivity contribution in [3.63, 3.8) is 0 Å². The molecule has 0 aliphatic rings. The van der Waals surface area contributed by atoms with E-state index in [9.17, 15) is 22.4 Å². The Balaban J connectivity index is 0.000000396. The molecular weight excluding hydrogens is 410 g/mol. The number of rotatable bonds is 5. The van der Waals surface area contributed by atoms with Crippen LogP contribution in [0, 0.1) is 5.82 Å². The fourth-order valence-electron chi connectivity index (χ4n) is 2.18. The number of aromatic nitrogens is 2. The van der Waals surface area contributed by atoms with Crippen LogP contribution in [-0.4, -0.2) is 33.3 Å². The van der Waals surface area contributed by atoms with Gasteiger partial charge in [0.25, 0.3) is 0 Å². The fourth-order valence-corrected chi connectivity index (χ4v) is 2.18. The number of alkyl halides is 3. The molecule has 11 heteroatoms. The van der Waals surface area contributed by atoms with Crippen LogP contribution in [0.3, 0.4) is 0 Å². The first-order chi connectivity index (χ1) is 14.2. The highest BCUT2D eigenvalue weighted by Crippen LogP contribution is 2.24. The van der Waals surface area contributed by atoms with E-state index in [4.69, 9.17) is 14.4 Å². The van der Waals surface area contributed by atoms with E-state index in [1.165, 1.54) is 12.1 Å². The van der Waals surface area contributed by atoms with E-state index in [1.807, 2.05) is 0 Å². The Hall–Kier alpha value is -3.76. The predicted octanol–water partition coefficient (Wildman–Crippen LogP) is 4.08. The summed E-state index contributed by atoms with van der Waals surface area (Å²) in [5.74, 6) is -2.62. The average molecular weight is 425 g/mol. The molecule has 1 amide bonds. The minimum atomic E-state index is -5.08. The highest BCUT2D eigenvalue weighted by Gasteiger charge is 2.38. The number of carboxylic acid groups (broad SMARTS) is 1. The largest absolute Gasteiger partial charge is 0.490 e. The maximum atomic E-state index is 13.0. The topological polar surface area (TPSA) is 105 Å². The quantitative estimate of drug-likeness (QED) is 0.597. The van der Waals surface area contributed by atoms with Crippen LogP contribution in [0.2, 0.25) is 0 Å². The van der Waals surface area contributed by atoms with Gasteiger partial charge in [0.15, 0.2) is 5.76 Å². The van der Waals surface area contributed by atoms with E-state index in [1.54, 1.807) is 42.9 Å². The summed E-state index contributed by atoms with van der Waals surface area (Å²) in [7, 11) is 0. The lowest BCUT2D eigenvalue weighted by Gasteiger charge is -2.04. The molecular formula is C19H15F4N3O4. The second-order valence-electron chi connectivity index (χ2n) is 5.77. The maximum Gasteiger partial charge on any atom is 0.490 e. The normalized spacial score (nSPS) is 10.7. The molecule has 2 heterocycles. The van der Waals surface area contributed by atoms with Crippen molar-refractivity contribution in [3.8, 4) is 11.3 Å². The summed E-state index contributed by atoms with van der Waals surface area (Å²) in [6.45, 7) is 0. The molecule has 0 fully saturated rings. The molecule has 2 aromatic heterocycles. The third kappa shape index (κ3) is 7.00. The van der Waals surface area contributed by atoms with Gasteiger partial charge in [-0.2, -0.15) is 13.2 Å². The Labute approximate surface area is 167 Å². The molecule has 0 aliphatic heterocycles. The van der Waals surface area contributed by atoms with Crippen molar-refractivity contribution in [1.82, 2.24) is 10.1 Å². The van der Waals surface area contributed by atoms with Crippen molar-refractivity contribution in [3.05, 3.63) is 66.4 Å². The number of amides is 1. The Morgan fingerprint density at radius 1 is 1.07 bits per heavy atom. The molecule has 7 nitrogen and oxygen atoms in total. The monoisotopic (exact) mass is 425 g/mol. The Morgan fingerprint density at radius 2 is 1.67 bits per heavy atom. The lowest BCUT2D eigenvalue weighted by Crippen LogP contribution is -2.21. The summed E-state index contributed by atoms with van der Waals surface area (Å²) in [4.78, 5) is 24.8. The first-order valence-electron chi connectivity index (χ1n) is 8.36. The fraction of sp³-hybridized carbons (Fsp3) is 0.158. The molecule has 0 saturated carbocycles. The van der Waals surface area contributed by atoms with Crippen LogP contribution in [-0.2, 0) is 16.0 Å². The van der Waals surface area contributed by atoms with Gasteiger partial charge in [0, 0.05) is 35.6 Å². The third-order valence-electron chi connectivity index (χ3n) is 3.58. The van der Waals surface area contributed by atoms with Crippen LogP contribution >= 0.6 is 0 Å². The van der Waals surface area contributed by atoms with Crippen molar-refractivity contribution in [1.29, 1.82) is 0 Å². The summed E-state index contributed by atoms with van der Waals surface area (Å²) in [6, 6.07) is 9.41. The zero-order valence-corrected chi connectivity index (χ0v) is 15.2. The Kier molecular flexibility index (Phi) is 7.62. The van der Waals surface area contributed by atoms with Gasteiger partial charge in [-0.05, 0) is 42.8 Å². The van der Waals surface area contributed by atoms with E-state index in [-0.39, 0.29) is 18.1 Å². The van der Waals surface area contributed by atoms with Gasteiger partial charge in [0.2, 0.25) is 5.91 Å². The second-order valence-corrected chi connectivity index (χ2v) is 5.77. The zero-order chi connectivity index (χ0) is 22.1. The van der Waals surface area contributed by atoms with Crippen molar-refractivity contribution in [2.45, 2.75) is 19.0 Å². The van der Waals surface area contributed by atoms with Crippen molar-refractivity contribution >= 4 is 17.6 Å². The van der Waals surface area contributed by atoms with Crippen LogP contribution in [0.1, 0.15) is 12.0 Å². The van der Waals surface area contributed by atoms with Gasteiger partial charge < -0.3 is 14.9 Å². The number of nitrogens with zero attached hydrogens (tertiary/aromatic N) is 2. The van der Waals surface area contributed by atoms with Crippen LogP contribution in [0.5, 0.6) is 0 Å². The highest BCUT2D eigenvalue weighted by atomic mass is 19.4. The highest BCUT2D eigenvalue weighted by molar-refractivity contribution is 5.90. The van der Waals surface area contributed by atoms with Gasteiger partial charge in [0.1, 0.15) is 5.82 Å². The summed E-state index contributed by atoms with van der Waals surface area (Å²) >= 11 is 0. The summed E-state index contributed by atoms with van der Waals surface area (Å²) < 4.78 is 50.0. The van der Waals surface area contributed by atoms with Gasteiger partial charge in [-0.25, -0.2) is 9.18 Å². The molecule has 0 aliphatic carbocycles. The van der Waals surface area contributed by atoms with E-state index < -0.39 is 12.1 Å². The molecule has 30 heavy (non-hydrogen) atoms. The Bertz CT molecular complexity index is 973. The van der Waals surface area contributed by atoms with E-state index in [2.05, 4.69) is 15.5 Å². The molecule has 0 saturated heterocycles. The number of aryl methyl sites for hydroxylation is 1. The number of anilines is 1. The first kappa shape index (κ1) is 22.5. The predicted molar refractivity (Wildman–Crippen MR) is 96.8 cm³/mol. The van der Waals surface area contributed by atoms with Gasteiger partial charge in [-0.15, -0.1) is 0 Å². The van der Waals surface area contributed by atoms with Crippen LogP contribution in [0.4, 0.5) is 23.2 Å². The standard InChI is InChI=1S/C17H14FN3O2.C2HF3O2/c18-14-4-1-12(2-5-14)17-13(11-20-23-17)3-6-16(22)21-15-7-9-19-10-8-15;3-2(4,5)1(6)7/h1-2,4-5,7-11H,3,6H2,(H,19,21,22);(H,6,7). The number of hydrogen-bond acceptors (Lipinski definition) is 5. The van der Waals surface area contributed by atoms with Crippen molar-refractivity contribution in [2.75, 3.05) is 5.32 Å². The number of carboxylic acids is 1. The lowest BCUT2D eigenvalue weighted by atomic mass is 10.1. The summed E-state index contributed by atoms with van der Waals surface area (Å²) in [5, 5.41) is 13.7. The third-order valence-corrected chi connectivity index (χ3v) is 3.58. The molecule has 3 rings (SSSR count). The minimum Gasteiger partial charge on any atom is -0.475 e. The van der Waals surface area contributed by atoms with E-state index in [0.29, 0.717) is 17.9 Å². The molecule has 0 radical (unpaired) electrons. The molecule has 0 spiro atoms. The van der Waals surface area contributed by atoms with Crippen LogP contribution in [0.15, 0.2) is 59.5 Å². The van der Waals surface area contributed by atoms with Gasteiger partial charge in [0.05, 0.1) is 6.20 Å². The summed E-state index contributed by atoms with van der Waals surface area (Å²) in [5.41, 5.74) is 2.24. The van der Waals surface area contributed by atoms with Crippen LogP contribution in [0.25, 0.3) is 11.3 Å². The number of carbonyl (C=O) groups excluding carboxylic acids is 1. The number of pyridine rings is 1. The van der Waals surface area contributed by atoms with Crippen molar-refractivity contribution in [2.24, 2.45) is 0 Å². The number of nitrogens with one attached hydrogen (secondary N) is 1. The van der Waals surface area contributed by atoms with E-state index in [0.717, 1.165) is 11.1 Å². The number of hydrogen-bond donors (Lipinski definition) is 2. The average Bonchev–Trinajstić information content (AvgIpc) is 3.16. The van der Waals surface area contributed by atoms with Gasteiger partial charge in [-0.1, -0.05) is 5.16 Å². The summed E-state index contributed by atoms with van der Waals surface area (Å²) in [6.07, 6.45) is 0.494. The van der Waals surface area contributed by atoms with Gasteiger partial charge in [-0.3, -0.25) is 9.78 Å².